The number of aliphatic hydroxyl groups excluding tert-OH is 3. The SMILES string of the molecule is C=CC(=O)OCC(O)COCCCCOCC(O)CO. The van der Waals surface area contributed by atoms with E-state index < -0.39 is 18.2 Å². The molecular weight excluding hydrogens is 268 g/mol. The Morgan fingerprint density at radius 2 is 1.60 bits per heavy atom. The van der Waals surface area contributed by atoms with Crippen molar-refractivity contribution in [3.8, 4) is 0 Å². The quantitative estimate of drug-likeness (QED) is 0.233. The van der Waals surface area contributed by atoms with Gasteiger partial charge in [-0.1, -0.05) is 6.58 Å². The van der Waals surface area contributed by atoms with E-state index in [0.29, 0.717) is 13.2 Å². The third kappa shape index (κ3) is 12.1. The molecule has 0 aliphatic rings. The van der Waals surface area contributed by atoms with Crippen molar-refractivity contribution >= 4 is 5.97 Å². The summed E-state index contributed by atoms with van der Waals surface area (Å²) in [5.41, 5.74) is 0. The number of ether oxygens (including phenoxy) is 3. The van der Waals surface area contributed by atoms with Gasteiger partial charge in [-0.05, 0) is 12.8 Å². The van der Waals surface area contributed by atoms with E-state index in [1.165, 1.54) is 0 Å². The molecule has 2 atom stereocenters. The highest BCUT2D eigenvalue weighted by molar-refractivity contribution is 5.81. The molecule has 0 saturated heterocycles. The van der Waals surface area contributed by atoms with Crippen LogP contribution in [-0.2, 0) is 19.0 Å². The summed E-state index contributed by atoms with van der Waals surface area (Å²) in [7, 11) is 0. The molecule has 7 nitrogen and oxygen atoms in total. The van der Waals surface area contributed by atoms with E-state index in [0.717, 1.165) is 18.9 Å². The van der Waals surface area contributed by atoms with E-state index in [1.807, 2.05) is 0 Å². The molecule has 0 aromatic carbocycles. The summed E-state index contributed by atoms with van der Waals surface area (Å²) in [6.45, 7) is 3.95. The molecule has 0 aliphatic heterocycles. The fourth-order valence-electron chi connectivity index (χ4n) is 1.19. The van der Waals surface area contributed by atoms with Crippen molar-refractivity contribution in [3.63, 3.8) is 0 Å². The Hall–Kier alpha value is -0.990. The maximum Gasteiger partial charge on any atom is 0.330 e. The lowest BCUT2D eigenvalue weighted by Gasteiger charge is -2.11. The third-order valence-corrected chi connectivity index (χ3v) is 2.24. The molecule has 0 aromatic rings. The Morgan fingerprint density at radius 3 is 2.10 bits per heavy atom. The van der Waals surface area contributed by atoms with Gasteiger partial charge in [-0.3, -0.25) is 0 Å². The molecule has 0 rings (SSSR count). The van der Waals surface area contributed by atoms with Gasteiger partial charge in [0.05, 0.1) is 19.8 Å². The topological polar surface area (TPSA) is 105 Å². The minimum absolute atomic E-state index is 0.0918. The van der Waals surface area contributed by atoms with Gasteiger partial charge < -0.3 is 29.5 Å². The van der Waals surface area contributed by atoms with Crippen molar-refractivity contribution in [1.29, 1.82) is 0 Å². The van der Waals surface area contributed by atoms with Crippen molar-refractivity contribution in [1.82, 2.24) is 0 Å². The lowest BCUT2D eigenvalue weighted by atomic mass is 10.3. The summed E-state index contributed by atoms with van der Waals surface area (Å²) < 4.78 is 15.0. The van der Waals surface area contributed by atoms with Crippen LogP contribution >= 0.6 is 0 Å². The maximum atomic E-state index is 10.7. The standard InChI is InChI=1S/C13H24O7/c1-2-13(17)20-10-12(16)9-19-6-4-3-5-18-8-11(15)7-14/h2,11-12,14-16H,1,3-10H2. The first-order valence-electron chi connectivity index (χ1n) is 6.51. The monoisotopic (exact) mass is 292 g/mol. The molecular formula is C13H24O7. The number of esters is 1. The minimum atomic E-state index is -0.852. The molecule has 7 heteroatoms. The highest BCUT2D eigenvalue weighted by Crippen LogP contribution is 1.95. The van der Waals surface area contributed by atoms with Crippen LogP contribution in [0.3, 0.4) is 0 Å². The van der Waals surface area contributed by atoms with Crippen LogP contribution in [0, 0.1) is 0 Å². The summed E-state index contributed by atoms with van der Waals surface area (Å²) in [6, 6.07) is 0. The molecule has 0 heterocycles. The second kappa shape index (κ2) is 13.0. The van der Waals surface area contributed by atoms with Crippen LogP contribution in [-0.4, -0.2) is 73.1 Å². The van der Waals surface area contributed by atoms with Crippen LogP contribution in [0.2, 0.25) is 0 Å². The molecule has 20 heavy (non-hydrogen) atoms. The van der Waals surface area contributed by atoms with Crippen molar-refractivity contribution < 1.29 is 34.3 Å². The Kier molecular flexibility index (Phi) is 12.4. The van der Waals surface area contributed by atoms with Crippen LogP contribution in [0.1, 0.15) is 12.8 Å². The van der Waals surface area contributed by atoms with Crippen molar-refractivity contribution in [3.05, 3.63) is 12.7 Å². The van der Waals surface area contributed by atoms with E-state index in [9.17, 15) is 9.90 Å². The normalized spacial score (nSPS) is 13.8. The van der Waals surface area contributed by atoms with Crippen molar-refractivity contribution in [2.75, 3.05) is 39.6 Å². The second-order valence-corrected chi connectivity index (χ2v) is 4.18. The Bertz CT molecular complexity index is 257. The first-order valence-corrected chi connectivity index (χ1v) is 6.51. The molecule has 3 N–H and O–H groups in total. The molecule has 0 aliphatic carbocycles. The van der Waals surface area contributed by atoms with Gasteiger partial charge in [0.25, 0.3) is 0 Å². The van der Waals surface area contributed by atoms with Gasteiger partial charge in [-0.2, -0.15) is 0 Å². The molecule has 0 fully saturated rings. The fraction of sp³-hybridized carbons (Fsp3) is 0.769. The average Bonchev–Trinajstić information content (AvgIpc) is 2.46. The number of aliphatic hydroxyl groups is 3. The molecule has 0 saturated carbocycles. The zero-order chi connectivity index (χ0) is 15.2. The zero-order valence-corrected chi connectivity index (χ0v) is 11.6. The molecule has 0 amide bonds. The number of unbranched alkanes of at least 4 members (excludes halogenated alkanes) is 1. The number of hydrogen-bond acceptors (Lipinski definition) is 7. The van der Waals surface area contributed by atoms with Gasteiger partial charge in [-0.15, -0.1) is 0 Å². The summed E-state index contributed by atoms with van der Waals surface area (Å²) in [6.07, 6.45) is 0.838. The van der Waals surface area contributed by atoms with Gasteiger partial charge in [-0.25, -0.2) is 4.79 Å². The van der Waals surface area contributed by atoms with Gasteiger partial charge >= 0.3 is 5.97 Å². The molecule has 0 radical (unpaired) electrons. The molecule has 0 aromatic heterocycles. The lowest BCUT2D eigenvalue weighted by Crippen LogP contribution is -2.23. The van der Waals surface area contributed by atoms with Crippen LogP contribution < -0.4 is 0 Å². The van der Waals surface area contributed by atoms with E-state index in [4.69, 9.17) is 19.7 Å². The molecule has 118 valence electrons. The summed E-state index contributed by atoms with van der Waals surface area (Å²) >= 11 is 0. The van der Waals surface area contributed by atoms with Crippen molar-refractivity contribution in [2.45, 2.75) is 25.0 Å². The summed E-state index contributed by atoms with van der Waals surface area (Å²) in [5, 5.41) is 27.0. The summed E-state index contributed by atoms with van der Waals surface area (Å²) in [4.78, 5) is 10.7. The molecule has 0 spiro atoms. The Labute approximate surface area is 118 Å². The molecule has 2 unspecified atom stereocenters. The van der Waals surface area contributed by atoms with E-state index >= 15 is 0 Å². The van der Waals surface area contributed by atoms with Gasteiger partial charge in [0, 0.05) is 19.3 Å². The van der Waals surface area contributed by atoms with E-state index in [2.05, 4.69) is 11.3 Å². The maximum absolute atomic E-state index is 10.7. The number of hydrogen-bond donors (Lipinski definition) is 3. The Balaban J connectivity index is 3.27. The fourth-order valence-corrected chi connectivity index (χ4v) is 1.19. The van der Waals surface area contributed by atoms with Gasteiger partial charge in [0.2, 0.25) is 0 Å². The average molecular weight is 292 g/mol. The van der Waals surface area contributed by atoms with Crippen molar-refractivity contribution in [2.24, 2.45) is 0 Å². The number of rotatable bonds is 13. The van der Waals surface area contributed by atoms with E-state index in [1.54, 1.807) is 0 Å². The highest BCUT2D eigenvalue weighted by Gasteiger charge is 2.06. The molecule has 0 bridgehead atoms. The van der Waals surface area contributed by atoms with Crippen LogP contribution in [0.5, 0.6) is 0 Å². The number of carbonyl (C=O) groups is 1. The largest absolute Gasteiger partial charge is 0.460 e. The van der Waals surface area contributed by atoms with Crippen LogP contribution in [0.15, 0.2) is 12.7 Å². The van der Waals surface area contributed by atoms with E-state index in [-0.39, 0.29) is 26.4 Å². The predicted octanol–water partition coefficient (Wildman–Crippen LogP) is -0.757. The Morgan fingerprint density at radius 1 is 1.05 bits per heavy atom. The van der Waals surface area contributed by atoms with Crippen LogP contribution in [0.25, 0.3) is 0 Å². The first kappa shape index (κ1) is 19.0. The lowest BCUT2D eigenvalue weighted by molar-refractivity contribution is -0.141. The first-order chi connectivity index (χ1) is 9.60. The van der Waals surface area contributed by atoms with Crippen LogP contribution in [0.4, 0.5) is 0 Å². The third-order valence-electron chi connectivity index (χ3n) is 2.24. The smallest absolute Gasteiger partial charge is 0.330 e. The summed E-state index contributed by atoms with van der Waals surface area (Å²) in [5.74, 6) is -0.578. The highest BCUT2D eigenvalue weighted by atomic mass is 16.5. The van der Waals surface area contributed by atoms with Gasteiger partial charge in [0.1, 0.15) is 18.8 Å². The number of carbonyl (C=O) groups excluding carboxylic acids is 1. The zero-order valence-electron chi connectivity index (χ0n) is 11.6. The predicted molar refractivity (Wildman–Crippen MR) is 71.1 cm³/mol. The second-order valence-electron chi connectivity index (χ2n) is 4.18. The minimum Gasteiger partial charge on any atom is -0.460 e. The van der Waals surface area contributed by atoms with Gasteiger partial charge in [0.15, 0.2) is 0 Å².